The Morgan fingerprint density at radius 3 is 2.62 bits per heavy atom. The van der Waals surface area contributed by atoms with Gasteiger partial charge in [-0.15, -0.1) is 11.3 Å². The summed E-state index contributed by atoms with van der Waals surface area (Å²) in [5.41, 5.74) is 0. The van der Waals surface area contributed by atoms with E-state index in [1.54, 1.807) is 11.1 Å². The lowest BCUT2D eigenvalue weighted by Crippen LogP contribution is -2.38. The number of rotatable bonds is 9. The van der Waals surface area contributed by atoms with Crippen molar-refractivity contribution in [3.8, 4) is 0 Å². The number of aromatic nitrogens is 1. The number of nitrogens with one attached hydrogen (secondary N) is 1. The summed E-state index contributed by atoms with van der Waals surface area (Å²) >= 11 is 1.44. The van der Waals surface area contributed by atoms with Crippen LogP contribution in [0.3, 0.4) is 0 Å². The number of hydrogen-bond donors (Lipinski definition) is 1. The number of hydrogen-bond acceptors (Lipinski definition) is 4. The second kappa shape index (κ2) is 9.50. The normalized spacial score (nSPS) is 10.4. The maximum absolute atomic E-state index is 12.1. The summed E-state index contributed by atoms with van der Waals surface area (Å²) in [6.07, 6.45) is 6.13. The van der Waals surface area contributed by atoms with Crippen molar-refractivity contribution in [3.05, 3.63) is 11.1 Å². The number of aryl methyl sites for hydroxylation is 1. The zero-order valence-corrected chi connectivity index (χ0v) is 14.0. The molecule has 0 bridgehead atoms. The maximum Gasteiger partial charge on any atom is 0.245 e. The van der Waals surface area contributed by atoms with Gasteiger partial charge in [-0.05, 0) is 19.8 Å². The van der Waals surface area contributed by atoms with Crippen molar-refractivity contribution in [3.63, 3.8) is 0 Å². The lowest BCUT2D eigenvalue weighted by molar-refractivity contribution is -0.134. The zero-order valence-electron chi connectivity index (χ0n) is 13.1. The zero-order chi connectivity index (χ0) is 15.7. The highest BCUT2D eigenvalue weighted by Gasteiger charge is 2.16. The van der Waals surface area contributed by atoms with Crippen LogP contribution < -0.4 is 5.32 Å². The summed E-state index contributed by atoms with van der Waals surface area (Å²) in [7, 11) is 0. The van der Waals surface area contributed by atoms with Crippen molar-refractivity contribution < 1.29 is 9.59 Å². The first-order chi connectivity index (χ1) is 10.1. The molecular weight excluding hydrogens is 286 g/mol. The van der Waals surface area contributed by atoms with Crippen LogP contribution in [0.1, 0.15) is 50.8 Å². The molecule has 2 amide bonds. The lowest BCUT2D eigenvalue weighted by Gasteiger charge is -2.21. The van der Waals surface area contributed by atoms with Gasteiger partial charge in [0.1, 0.15) is 0 Å². The van der Waals surface area contributed by atoms with E-state index in [-0.39, 0.29) is 18.4 Å². The molecule has 0 fully saturated rings. The highest BCUT2D eigenvalue weighted by molar-refractivity contribution is 7.15. The topological polar surface area (TPSA) is 62.3 Å². The standard InChI is InChI=1S/C15H25N3O2S/c1-4-6-7-8-14(20)18(9-5-2)11-13(19)17-15-16-10-12(3)21-15/h10H,4-9,11H2,1-3H3,(H,16,17,19). The molecule has 0 aliphatic heterocycles. The van der Waals surface area contributed by atoms with E-state index in [4.69, 9.17) is 0 Å². The van der Waals surface area contributed by atoms with E-state index in [9.17, 15) is 9.59 Å². The van der Waals surface area contributed by atoms with Crippen LogP contribution in [0.5, 0.6) is 0 Å². The Bertz CT molecular complexity index is 460. The van der Waals surface area contributed by atoms with Gasteiger partial charge in [0, 0.05) is 24.0 Å². The van der Waals surface area contributed by atoms with Gasteiger partial charge in [-0.1, -0.05) is 26.7 Å². The van der Waals surface area contributed by atoms with E-state index in [1.807, 2.05) is 13.8 Å². The fourth-order valence-electron chi connectivity index (χ4n) is 1.99. The fraction of sp³-hybridized carbons (Fsp3) is 0.667. The van der Waals surface area contributed by atoms with E-state index >= 15 is 0 Å². The first-order valence-electron chi connectivity index (χ1n) is 7.56. The number of nitrogens with zero attached hydrogens (tertiary/aromatic N) is 2. The van der Waals surface area contributed by atoms with Gasteiger partial charge in [-0.2, -0.15) is 0 Å². The third kappa shape index (κ3) is 6.71. The van der Waals surface area contributed by atoms with Gasteiger partial charge in [0.05, 0.1) is 6.54 Å². The van der Waals surface area contributed by atoms with Gasteiger partial charge >= 0.3 is 0 Å². The molecule has 21 heavy (non-hydrogen) atoms. The maximum atomic E-state index is 12.1. The Morgan fingerprint density at radius 1 is 1.29 bits per heavy atom. The van der Waals surface area contributed by atoms with Crippen molar-refractivity contribution >= 4 is 28.3 Å². The molecule has 1 N–H and O–H groups in total. The van der Waals surface area contributed by atoms with Crippen molar-refractivity contribution in [2.45, 2.75) is 52.9 Å². The molecule has 0 spiro atoms. The average Bonchev–Trinajstić information content (AvgIpc) is 2.83. The molecule has 0 saturated heterocycles. The Balaban J connectivity index is 2.48. The molecule has 0 unspecified atom stereocenters. The van der Waals surface area contributed by atoms with E-state index in [0.29, 0.717) is 18.1 Å². The first-order valence-corrected chi connectivity index (χ1v) is 8.38. The Kier molecular flexibility index (Phi) is 7.97. The van der Waals surface area contributed by atoms with Crippen LogP contribution in [0.15, 0.2) is 6.20 Å². The third-order valence-corrected chi connectivity index (χ3v) is 3.87. The molecule has 6 heteroatoms. The molecule has 0 radical (unpaired) electrons. The van der Waals surface area contributed by atoms with Crippen LogP contribution in [-0.4, -0.2) is 34.8 Å². The fourth-order valence-corrected chi connectivity index (χ4v) is 2.67. The van der Waals surface area contributed by atoms with E-state index in [1.165, 1.54) is 11.3 Å². The van der Waals surface area contributed by atoms with E-state index in [2.05, 4.69) is 17.2 Å². The van der Waals surface area contributed by atoms with Crippen LogP contribution in [0.2, 0.25) is 0 Å². The highest BCUT2D eigenvalue weighted by Crippen LogP contribution is 2.16. The minimum Gasteiger partial charge on any atom is -0.333 e. The molecule has 0 aliphatic rings. The molecule has 1 rings (SSSR count). The van der Waals surface area contributed by atoms with Crippen molar-refractivity contribution in [2.24, 2.45) is 0 Å². The quantitative estimate of drug-likeness (QED) is 0.712. The largest absolute Gasteiger partial charge is 0.333 e. The second-order valence-electron chi connectivity index (χ2n) is 5.10. The minimum atomic E-state index is -0.179. The van der Waals surface area contributed by atoms with Crippen molar-refractivity contribution in [1.29, 1.82) is 0 Å². The molecule has 118 valence electrons. The van der Waals surface area contributed by atoms with Gasteiger partial charge in [-0.25, -0.2) is 4.98 Å². The summed E-state index contributed by atoms with van der Waals surface area (Å²) in [5.74, 6) is -0.114. The Hall–Kier alpha value is -1.43. The van der Waals surface area contributed by atoms with Gasteiger partial charge in [0.25, 0.3) is 0 Å². The van der Waals surface area contributed by atoms with Crippen molar-refractivity contribution in [1.82, 2.24) is 9.88 Å². The third-order valence-electron chi connectivity index (χ3n) is 3.04. The van der Waals surface area contributed by atoms with Gasteiger partial charge in [0.2, 0.25) is 11.8 Å². The lowest BCUT2D eigenvalue weighted by atomic mass is 10.2. The first kappa shape index (κ1) is 17.6. The number of carbonyl (C=O) groups excluding carboxylic acids is 2. The van der Waals surface area contributed by atoms with E-state index in [0.717, 1.165) is 30.6 Å². The summed E-state index contributed by atoms with van der Waals surface area (Å²) < 4.78 is 0. The molecule has 5 nitrogen and oxygen atoms in total. The van der Waals surface area contributed by atoms with E-state index < -0.39 is 0 Å². The average molecular weight is 311 g/mol. The summed E-state index contributed by atoms with van der Waals surface area (Å²) in [5, 5.41) is 3.34. The Morgan fingerprint density at radius 2 is 2.05 bits per heavy atom. The number of amides is 2. The smallest absolute Gasteiger partial charge is 0.245 e. The highest BCUT2D eigenvalue weighted by atomic mass is 32.1. The molecule has 1 aromatic rings. The monoisotopic (exact) mass is 311 g/mol. The predicted molar refractivity (Wildman–Crippen MR) is 86.5 cm³/mol. The van der Waals surface area contributed by atoms with Crippen LogP contribution in [0, 0.1) is 6.92 Å². The number of unbranched alkanes of at least 4 members (excludes halogenated alkanes) is 2. The summed E-state index contributed by atoms with van der Waals surface area (Å²) in [4.78, 5) is 30.9. The molecule has 1 aromatic heterocycles. The second-order valence-corrected chi connectivity index (χ2v) is 6.33. The molecule has 0 atom stereocenters. The van der Waals surface area contributed by atoms with Crippen LogP contribution >= 0.6 is 11.3 Å². The number of anilines is 1. The summed E-state index contributed by atoms with van der Waals surface area (Å²) in [6.45, 7) is 6.78. The SMILES string of the molecule is CCCCCC(=O)N(CCC)CC(=O)Nc1ncc(C)s1. The number of carbonyl (C=O) groups is 2. The van der Waals surface area contributed by atoms with Crippen LogP contribution in [0.25, 0.3) is 0 Å². The molecule has 0 aromatic carbocycles. The van der Waals surface area contributed by atoms with Crippen LogP contribution in [-0.2, 0) is 9.59 Å². The number of thiazole rings is 1. The molecule has 0 aliphatic carbocycles. The Labute approximate surface area is 130 Å². The minimum absolute atomic E-state index is 0.0655. The van der Waals surface area contributed by atoms with Crippen molar-refractivity contribution in [2.75, 3.05) is 18.4 Å². The molecule has 1 heterocycles. The predicted octanol–water partition coefficient (Wildman–Crippen LogP) is 3.21. The van der Waals surface area contributed by atoms with Crippen LogP contribution in [0.4, 0.5) is 5.13 Å². The summed E-state index contributed by atoms with van der Waals surface area (Å²) in [6, 6.07) is 0. The van der Waals surface area contributed by atoms with Gasteiger partial charge in [0.15, 0.2) is 5.13 Å². The molecule has 0 saturated carbocycles. The van der Waals surface area contributed by atoms with Gasteiger partial charge < -0.3 is 10.2 Å². The molecular formula is C15H25N3O2S. The van der Waals surface area contributed by atoms with Gasteiger partial charge in [-0.3, -0.25) is 9.59 Å².